The van der Waals surface area contributed by atoms with Crippen molar-refractivity contribution in [2.45, 2.75) is 53.0 Å². The number of aromatic amines is 1. The van der Waals surface area contributed by atoms with Crippen molar-refractivity contribution in [1.82, 2.24) is 10.2 Å². The van der Waals surface area contributed by atoms with Gasteiger partial charge in [0.25, 0.3) is 5.91 Å². The van der Waals surface area contributed by atoms with Crippen molar-refractivity contribution in [3.05, 3.63) is 75.5 Å². The highest BCUT2D eigenvalue weighted by Gasteiger charge is 2.19. The Hall–Kier alpha value is -3.28. The number of carbonyl (C=O) groups excluding carboxylic acids is 1. The molecule has 5 N–H and O–H groups in total. The van der Waals surface area contributed by atoms with Gasteiger partial charge in [0, 0.05) is 13.0 Å². The number of carbonyl (C=O) groups is 1. The molecule has 2 aromatic carbocycles. The molecule has 1 heterocycles. The summed E-state index contributed by atoms with van der Waals surface area (Å²) in [5, 5.41) is 20.4. The summed E-state index contributed by atoms with van der Waals surface area (Å²) >= 11 is 0. The van der Waals surface area contributed by atoms with Gasteiger partial charge in [-0.05, 0) is 47.1 Å². The molecular weight excluding hydrogens is 376 g/mol. The van der Waals surface area contributed by atoms with Crippen LogP contribution in [-0.2, 0) is 18.4 Å². The monoisotopic (exact) mass is 406 g/mol. The normalized spacial score (nSPS) is 11.5. The van der Waals surface area contributed by atoms with Crippen LogP contribution in [0.15, 0.2) is 36.4 Å². The minimum absolute atomic E-state index is 0.0902. The van der Waals surface area contributed by atoms with E-state index >= 15 is 0 Å². The number of hydrogen-bond acceptors (Lipinski definition) is 4. The Morgan fingerprint density at radius 1 is 1.10 bits per heavy atom. The number of primary amides is 1. The van der Waals surface area contributed by atoms with Gasteiger partial charge in [0.05, 0.1) is 5.69 Å². The van der Waals surface area contributed by atoms with E-state index in [0.717, 1.165) is 22.3 Å². The highest BCUT2D eigenvalue weighted by Crippen LogP contribution is 2.26. The maximum absolute atomic E-state index is 12.1. The van der Waals surface area contributed by atoms with E-state index in [9.17, 15) is 9.90 Å². The maximum atomic E-state index is 12.1. The van der Waals surface area contributed by atoms with Crippen LogP contribution in [0.4, 0.5) is 5.82 Å². The van der Waals surface area contributed by atoms with Crippen LogP contribution < -0.4 is 11.1 Å². The molecule has 1 amide bonds. The van der Waals surface area contributed by atoms with Crippen LogP contribution in [0.2, 0.25) is 0 Å². The predicted octanol–water partition coefficient (Wildman–Crippen LogP) is 4.33. The number of nitrogens with one attached hydrogen (secondary N) is 2. The van der Waals surface area contributed by atoms with Crippen LogP contribution in [0.1, 0.15) is 64.6 Å². The fourth-order valence-corrected chi connectivity index (χ4v) is 3.56. The molecule has 0 aliphatic rings. The zero-order valence-corrected chi connectivity index (χ0v) is 18.3. The van der Waals surface area contributed by atoms with E-state index in [0.29, 0.717) is 35.8 Å². The summed E-state index contributed by atoms with van der Waals surface area (Å²) in [6, 6.07) is 12.2. The molecule has 0 fully saturated rings. The first-order chi connectivity index (χ1) is 14.1. The molecule has 0 saturated heterocycles. The van der Waals surface area contributed by atoms with E-state index in [1.54, 1.807) is 0 Å². The van der Waals surface area contributed by atoms with Gasteiger partial charge < -0.3 is 16.2 Å². The number of aryl methyl sites for hydroxylation is 2. The van der Waals surface area contributed by atoms with E-state index in [4.69, 9.17) is 5.73 Å². The van der Waals surface area contributed by atoms with Crippen LogP contribution in [0.3, 0.4) is 0 Å². The molecule has 6 heteroatoms. The number of amides is 1. The molecule has 3 rings (SSSR count). The average Bonchev–Trinajstić information content (AvgIpc) is 3.06. The number of phenols is 1. The van der Waals surface area contributed by atoms with Gasteiger partial charge in [-0.3, -0.25) is 9.89 Å². The van der Waals surface area contributed by atoms with Gasteiger partial charge >= 0.3 is 0 Å². The lowest BCUT2D eigenvalue weighted by Gasteiger charge is -2.19. The minimum Gasteiger partial charge on any atom is -0.507 e. The molecule has 0 spiro atoms. The molecule has 158 valence electrons. The first-order valence-electron chi connectivity index (χ1n) is 10.1. The number of anilines is 1. The van der Waals surface area contributed by atoms with Crippen molar-refractivity contribution < 1.29 is 9.90 Å². The Labute approximate surface area is 177 Å². The second-order valence-corrected chi connectivity index (χ2v) is 8.85. The highest BCUT2D eigenvalue weighted by molar-refractivity contribution is 5.98. The summed E-state index contributed by atoms with van der Waals surface area (Å²) in [5.74, 6) is 0.217. The molecule has 0 bridgehead atoms. The SMILES string of the molecule is Cc1cc(CNc2n[nH]c(Cc3ccc(C(C)(C)C)cc3)c2C(N)=O)cc(C)c1O. The molecule has 3 aromatic rings. The van der Waals surface area contributed by atoms with Crippen molar-refractivity contribution >= 4 is 11.7 Å². The van der Waals surface area contributed by atoms with E-state index in [-0.39, 0.29) is 5.41 Å². The number of hydrogen-bond donors (Lipinski definition) is 4. The lowest BCUT2D eigenvalue weighted by molar-refractivity contribution is 0.100. The van der Waals surface area contributed by atoms with Crippen LogP contribution in [0.5, 0.6) is 5.75 Å². The second-order valence-electron chi connectivity index (χ2n) is 8.85. The summed E-state index contributed by atoms with van der Waals surface area (Å²) < 4.78 is 0. The quantitative estimate of drug-likeness (QED) is 0.489. The van der Waals surface area contributed by atoms with E-state index < -0.39 is 5.91 Å². The summed E-state index contributed by atoms with van der Waals surface area (Å²) in [7, 11) is 0. The van der Waals surface area contributed by atoms with Gasteiger partial charge in [0.2, 0.25) is 0 Å². The zero-order valence-electron chi connectivity index (χ0n) is 18.3. The molecule has 0 aliphatic carbocycles. The van der Waals surface area contributed by atoms with Gasteiger partial charge in [0.1, 0.15) is 11.3 Å². The van der Waals surface area contributed by atoms with Crippen molar-refractivity contribution in [1.29, 1.82) is 0 Å². The summed E-state index contributed by atoms with van der Waals surface area (Å²) in [5.41, 5.74) is 11.7. The third-order valence-electron chi connectivity index (χ3n) is 5.30. The number of aromatic hydroxyl groups is 1. The summed E-state index contributed by atoms with van der Waals surface area (Å²) in [6.45, 7) is 10.7. The zero-order chi connectivity index (χ0) is 22.1. The number of aromatic nitrogens is 2. The summed E-state index contributed by atoms with van der Waals surface area (Å²) in [6.07, 6.45) is 0.537. The predicted molar refractivity (Wildman–Crippen MR) is 120 cm³/mol. The van der Waals surface area contributed by atoms with Gasteiger partial charge in [-0.1, -0.05) is 57.2 Å². The molecule has 1 aromatic heterocycles. The Kier molecular flexibility index (Phi) is 5.87. The first kappa shape index (κ1) is 21.4. The topological polar surface area (TPSA) is 104 Å². The number of nitrogens with zero attached hydrogens (tertiary/aromatic N) is 1. The Morgan fingerprint density at radius 2 is 1.70 bits per heavy atom. The molecule has 0 aliphatic heterocycles. The fraction of sp³-hybridized carbons (Fsp3) is 0.333. The molecule has 30 heavy (non-hydrogen) atoms. The van der Waals surface area contributed by atoms with Gasteiger partial charge in [-0.25, -0.2) is 0 Å². The first-order valence-corrected chi connectivity index (χ1v) is 10.1. The van der Waals surface area contributed by atoms with Gasteiger partial charge in [0.15, 0.2) is 5.82 Å². The average molecular weight is 407 g/mol. The maximum Gasteiger partial charge on any atom is 0.254 e. The molecule has 0 atom stereocenters. The Balaban J connectivity index is 1.79. The van der Waals surface area contributed by atoms with Crippen LogP contribution in [-0.4, -0.2) is 21.2 Å². The number of phenolic OH excluding ortho intramolecular Hbond substituents is 1. The third-order valence-corrected chi connectivity index (χ3v) is 5.30. The van der Waals surface area contributed by atoms with Crippen molar-refractivity contribution in [2.24, 2.45) is 5.73 Å². The third kappa shape index (κ3) is 4.64. The van der Waals surface area contributed by atoms with Crippen molar-refractivity contribution in [3.8, 4) is 5.75 Å². The Morgan fingerprint density at radius 3 is 2.23 bits per heavy atom. The smallest absolute Gasteiger partial charge is 0.254 e. The van der Waals surface area contributed by atoms with Crippen LogP contribution in [0, 0.1) is 13.8 Å². The van der Waals surface area contributed by atoms with Crippen molar-refractivity contribution in [3.63, 3.8) is 0 Å². The van der Waals surface area contributed by atoms with Gasteiger partial charge in [-0.2, -0.15) is 5.10 Å². The lowest BCUT2D eigenvalue weighted by atomic mass is 9.86. The lowest BCUT2D eigenvalue weighted by Crippen LogP contribution is -2.15. The molecular formula is C24H30N4O2. The fourth-order valence-electron chi connectivity index (χ4n) is 3.56. The molecule has 0 radical (unpaired) electrons. The standard InChI is InChI=1S/C24H30N4O2/c1-14-10-17(11-15(2)21(14)29)13-26-23-20(22(25)30)19(27-28-23)12-16-6-8-18(9-7-16)24(3,4)5/h6-11,29H,12-13H2,1-5H3,(H2,25,30)(H2,26,27,28). The van der Waals surface area contributed by atoms with E-state index in [1.165, 1.54) is 5.56 Å². The van der Waals surface area contributed by atoms with Crippen LogP contribution >= 0.6 is 0 Å². The van der Waals surface area contributed by atoms with E-state index in [1.807, 2.05) is 26.0 Å². The number of benzene rings is 2. The minimum atomic E-state index is -0.523. The molecule has 6 nitrogen and oxygen atoms in total. The molecule has 0 saturated carbocycles. The summed E-state index contributed by atoms with van der Waals surface area (Å²) in [4.78, 5) is 12.1. The largest absolute Gasteiger partial charge is 0.507 e. The van der Waals surface area contributed by atoms with E-state index in [2.05, 4.69) is 60.6 Å². The molecule has 0 unspecified atom stereocenters. The number of H-pyrrole nitrogens is 1. The van der Waals surface area contributed by atoms with Gasteiger partial charge in [-0.15, -0.1) is 0 Å². The second kappa shape index (κ2) is 8.22. The number of rotatable bonds is 6. The Bertz CT molecular complexity index is 1040. The highest BCUT2D eigenvalue weighted by atomic mass is 16.3. The van der Waals surface area contributed by atoms with Crippen molar-refractivity contribution in [2.75, 3.05) is 5.32 Å². The van der Waals surface area contributed by atoms with Crippen LogP contribution in [0.25, 0.3) is 0 Å². The number of nitrogens with two attached hydrogens (primary N) is 1.